The normalized spacial score (nSPS) is 11.7. The molecule has 1 atom stereocenters. The van der Waals surface area contributed by atoms with Gasteiger partial charge >= 0.3 is 5.97 Å². The summed E-state index contributed by atoms with van der Waals surface area (Å²) in [6.45, 7) is 2.61. The number of ether oxygens (including phenoxy) is 1. The summed E-state index contributed by atoms with van der Waals surface area (Å²) >= 11 is 1.49. The fourth-order valence-electron chi connectivity index (χ4n) is 2.35. The molecule has 1 unspecified atom stereocenters. The first-order chi connectivity index (χ1) is 12.1. The number of hydrogen-bond donors (Lipinski definition) is 2. The van der Waals surface area contributed by atoms with E-state index in [4.69, 9.17) is 4.74 Å². The summed E-state index contributed by atoms with van der Waals surface area (Å²) in [5.74, 6) is -0.991. The molecule has 2 rings (SSSR count). The van der Waals surface area contributed by atoms with Crippen molar-refractivity contribution in [2.24, 2.45) is 5.92 Å². The summed E-state index contributed by atoms with van der Waals surface area (Å²) < 4.78 is 5.37. The lowest BCUT2D eigenvalue weighted by Crippen LogP contribution is -2.34. The largest absolute Gasteiger partial charge is 0.494 e. The lowest BCUT2D eigenvalue weighted by Gasteiger charge is -2.14. The number of benzene rings is 1. The van der Waals surface area contributed by atoms with Gasteiger partial charge in [-0.25, -0.2) is 4.98 Å². The number of hydrogen-bond acceptors (Lipinski definition) is 5. The summed E-state index contributed by atoms with van der Waals surface area (Å²) in [7, 11) is 0. The van der Waals surface area contributed by atoms with Crippen LogP contribution in [0, 0.1) is 5.92 Å². The quantitative estimate of drug-likeness (QED) is 0.678. The van der Waals surface area contributed by atoms with Crippen LogP contribution in [-0.4, -0.2) is 35.1 Å². The van der Waals surface area contributed by atoms with Gasteiger partial charge < -0.3 is 15.2 Å². The van der Waals surface area contributed by atoms with Crippen LogP contribution in [0.2, 0.25) is 0 Å². The van der Waals surface area contributed by atoms with E-state index in [2.05, 4.69) is 10.3 Å². The highest BCUT2D eigenvalue weighted by molar-refractivity contribution is 7.07. The Hall–Kier alpha value is -2.41. The van der Waals surface area contributed by atoms with Crippen molar-refractivity contribution in [3.8, 4) is 5.75 Å². The van der Waals surface area contributed by atoms with Crippen LogP contribution in [0.15, 0.2) is 35.2 Å². The Kier molecular flexibility index (Phi) is 7.40. The number of aryl methyl sites for hydroxylation is 1. The molecule has 25 heavy (non-hydrogen) atoms. The van der Waals surface area contributed by atoms with E-state index < -0.39 is 11.9 Å². The van der Waals surface area contributed by atoms with Crippen molar-refractivity contribution in [2.45, 2.75) is 26.2 Å². The average molecular weight is 362 g/mol. The number of amides is 1. The van der Waals surface area contributed by atoms with Gasteiger partial charge in [-0.05, 0) is 37.5 Å². The van der Waals surface area contributed by atoms with Crippen LogP contribution in [0.25, 0.3) is 0 Å². The van der Waals surface area contributed by atoms with Gasteiger partial charge in [-0.2, -0.15) is 0 Å². The number of rotatable bonds is 10. The molecule has 1 heterocycles. The number of nitrogens with one attached hydrogen (secondary N) is 1. The predicted molar refractivity (Wildman–Crippen MR) is 95.9 cm³/mol. The maximum atomic E-state index is 11.9. The van der Waals surface area contributed by atoms with Crippen molar-refractivity contribution >= 4 is 23.2 Å². The molecule has 7 heteroatoms. The molecule has 0 radical (unpaired) electrons. The van der Waals surface area contributed by atoms with Gasteiger partial charge in [-0.1, -0.05) is 12.1 Å². The number of thiazole rings is 1. The molecule has 0 saturated carbocycles. The molecular formula is C18H22N2O4S. The van der Waals surface area contributed by atoms with Crippen LogP contribution >= 0.6 is 11.3 Å². The van der Waals surface area contributed by atoms with Crippen LogP contribution in [0.3, 0.4) is 0 Å². The van der Waals surface area contributed by atoms with Crippen LogP contribution in [0.1, 0.15) is 24.6 Å². The lowest BCUT2D eigenvalue weighted by molar-refractivity contribution is -0.141. The first-order valence-corrected chi connectivity index (χ1v) is 9.11. The fraction of sp³-hybridized carbons (Fsp3) is 0.389. The third-order valence-corrected chi connectivity index (χ3v) is 4.34. The van der Waals surface area contributed by atoms with E-state index in [0.717, 1.165) is 17.0 Å². The number of aliphatic carboxylic acids is 1. The maximum Gasteiger partial charge on any atom is 0.308 e. The highest BCUT2D eigenvalue weighted by Crippen LogP contribution is 2.15. The van der Waals surface area contributed by atoms with Gasteiger partial charge in [0.05, 0.1) is 23.7 Å². The molecule has 0 fully saturated rings. The van der Waals surface area contributed by atoms with Crippen molar-refractivity contribution in [3.05, 3.63) is 46.4 Å². The van der Waals surface area contributed by atoms with E-state index in [1.54, 1.807) is 5.51 Å². The Morgan fingerprint density at radius 3 is 2.68 bits per heavy atom. The number of aromatic nitrogens is 1. The van der Waals surface area contributed by atoms with Crippen molar-refractivity contribution in [1.82, 2.24) is 10.3 Å². The molecule has 0 aliphatic rings. The topological polar surface area (TPSA) is 88.5 Å². The average Bonchev–Trinajstić information content (AvgIpc) is 3.11. The minimum absolute atomic E-state index is 0.110. The number of nitrogens with zero attached hydrogens (tertiary/aromatic N) is 1. The van der Waals surface area contributed by atoms with Gasteiger partial charge in [-0.15, -0.1) is 11.3 Å². The lowest BCUT2D eigenvalue weighted by atomic mass is 9.99. The van der Waals surface area contributed by atoms with E-state index in [0.29, 0.717) is 25.9 Å². The molecule has 2 N–H and O–H groups in total. The molecule has 134 valence electrons. The summed E-state index contributed by atoms with van der Waals surface area (Å²) in [6, 6.07) is 7.35. The summed E-state index contributed by atoms with van der Waals surface area (Å²) in [5, 5.41) is 14.0. The first-order valence-electron chi connectivity index (χ1n) is 8.16. The molecule has 6 nitrogen and oxygen atoms in total. The Morgan fingerprint density at radius 2 is 2.08 bits per heavy atom. The van der Waals surface area contributed by atoms with E-state index in [1.165, 1.54) is 11.3 Å². The van der Waals surface area contributed by atoms with Crippen LogP contribution in [-0.2, 0) is 22.4 Å². The van der Waals surface area contributed by atoms with Crippen LogP contribution in [0.4, 0.5) is 0 Å². The third-order valence-electron chi connectivity index (χ3n) is 3.70. The minimum atomic E-state index is -0.923. The first kappa shape index (κ1) is 18.9. The van der Waals surface area contributed by atoms with E-state index in [-0.39, 0.29) is 12.5 Å². The molecule has 1 aromatic heterocycles. The number of carbonyl (C=O) groups excluding carboxylic acids is 1. The molecule has 0 aliphatic heterocycles. The Labute approximate surface area is 150 Å². The van der Waals surface area contributed by atoms with Crippen molar-refractivity contribution in [2.75, 3.05) is 13.2 Å². The molecule has 1 aromatic carbocycles. The minimum Gasteiger partial charge on any atom is -0.494 e. The Balaban J connectivity index is 1.81. The van der Waals surface area contributed by atoms with Gasteiger partial charge in [0.25, 0.3) is 0 Å². The van der Waals surface area contributed by atoms with Gasteiger partial charge in [0.15, 0.2) is 0 Å². The van der Waals surface area contributed by atoms with Gasteiger partial charge in [-0.3, -0.25) is 9.59 Å². The smallest absolute Gasteiger partial charge is 0.308 e. The van der Waals surface area contributed by atoms with E-state index >= 15 is 0 Å². The van der Waals surface area contributed by atoms with Gasteiger partial charge in [0, 0.05) is 18.3 Å². The summed E-state index contributed by atoms with van der Waals surface area (Å²) in [5.41, 5.74) is 3.50. The molecule has 0 bridgehead atoms. The van der Waals surface area contributed by atoms with E-state index in [1.807, 2.05) is 36.6 Å². The van der Waals surface area contributed by atoms with Crippen LogP contribution in [0.5, 0.6) is 5.75 Å². The zero-order valence-electron chi connectivity index (χ0n) is 14.1. The molecule has 0 spiro atoms. The number of carbonyl (C=O) groups is 2. The molecule has 2 aromatic rings. The van der Waals surface area contributed by atoms with Gasteiger partial charge in [0.1, 0.15) is 5.75 Å². The molecule has 0 aliphatic carbocycles. The van der Waals surface area contributed by atoms with Crippen molar-refractivity contribution in [1.29, 1.82) is 0 Å². The summed E-state index contributed by atoms with van der Waals surface area (Å²) in [4.78, 5) is 27.5. The monoisotopic (exact) mass is 362 g/mol. The van der Waals surface area contributed by atoms with Crippen molar-refractivity contribution < 1.29 is 19.4 Å². The van der Waals surface area contributed by atoms with Crippen molar-refractivity contribution in [3.63, 3.8) is 0 Å². The van der Waals surface area contributed by atoms with Crippen LogP contribution < -0.4 is 10.1 Å². The third kappa shape index (κ3) is 6.54. The molecule has 1 amide bonds. The number of carboxylic acids is 1. The predicted octanol–water partition coefficient (Wildman–Crippen LogP) is 2.53. The standard InChI is InChI=1S/C18H22N2O4S/c1-2-24-16-6-3-13(4-7-16)9-14(18(22)23)10-19-17(21)8-5-15-11-25-12-20-15/h3-4,6-7,11-12,14H,2,5,8-10H2,1H3,(H,19,21)(H,22,23). The summed E-state index contributed by atoms with van der Waals surface area (Å²) in [6.07, 6.45) is 1.22. The second kappa shape index (κ2) is 9.78. The second-order valence-electron chi connectivity index (χ2n) is 5.60. The zero-order valence-corrected chi connectivity index (χ0v) is 14.9. The molecule has 0 saturated heterocycles. The Bertz CT molecular complexity index is 671. The zero-order chi connectivity index (χ0) is 18.1. The SMILES string of the molecule is CCOc1ccc(CC(CNC(=O)CCc2cscn2)C(=O)O)cc1. The Morgan fingerprint density at radius 1 is 1.32 bits per heavy atom. The van der Waals surface area contributed by atoms with E-state index in [9.17, 15) is 14.7 Å². The number of carboxylic acid groups (broad SMARTS) is 1. The fourth-order valence-corrected chi connectivity index (χ4v) is 2.94. The highest BCUT2D eigenvalue weighted by atomic mass is 32.1. The molecular weight excluding hydrogens is 340 g/mol. The maximum absolute atomic E-state index is 11.9. The second-order valence-corrected chi connectivity index (χ2v) is 6.32. The highest BCUT2D eigenvalue weighted by Gasteiger charge is 2.19. The van der Waals surface area contributed by atoms with Gasteiger partial charge in [0.2, 0.25) is 5.91 Å².